The van der Waals surface area contributed by atoms with Crippen molar-refractivity contribution >= 4 is 0 Å². The Balaban J connectivity index is 1.69. The molecule has 2 heterocycles. The van der Waals surface area contributed by atoms with Gasteiger partial charge in [0.15, 0.2) is 6.10 Å². The summed E-state index contributed by atoms with van der Waals surface area (Å²) in [4.78, 5) is 0. The first-order chi connectivity index (χ1) is 13.0. The summed E-state index contributed by atoms with van der Waals surface area (Å²) in [7, 11) is 0. The van der Waals surface area contributed by atoms with E-state index in [2.05, 4.69) is 11.2 Å². The minimum absolute atomic E-state index is 0.383. The number of para-hydroxylation sites is 1. The number of hydrogen-bond acceptors (Lipinski definition) is 5. The zero-order chi connectivity index (χ0) is 19.0. The van der Waals surface area contributed by atoms with Gasteiger partial charge in [0.05, 0.1) is 17.3 Å². The lowest BCUT2D eigenvalue weighted by atomic mass is 9.88. The quantitative estimate of drug-likeness (QED) is 0.773. The fourth-order valence-corrected chi connectivity index (χ4v) is 3.16. The minimum atomic E-state index is -0.930. The second-order valence-corrected chi connectivity index (χ2v) is 6.99. The maximum absolute atomic E-state index is 10.8. The lowest BCUT2D eigenvalue weighted by molar-refractivity contribution is -0.104. The Morgan fingerprint density at radius 3 is 2.70 bits per heavy atom. The Hall–Kier alpha value is -3.30. The SMILES string of the molecule is CC1(C)Oc2ccc(C#N)cc2C(Oc2ccn(-c3ccccc3)n2)C1O. The molecule has 0 amide bonds. The van der Waals surface area contributed by atoms with E-state index in [1.807, 2.05) is 30.3 Å². The number of aliphatic hydroxyl groups excluding tert-OH is 1. The monoisotopic (exact) mass is 361 g/mol. The van der Waals surface area contributed by atoms with Crippen LogP contribution in [0.5, 0.6) is 11.6 Å². The van der Waals surface area contributed by atoms with Crippen LogP contribution in [0.15, 0.2) is 60.8 Å². The van der Waals surface area contributed by atoms with Gasteiger partial charge < -0.3 is 14.6 Å². The molecule has 1 N–H and O–H groups in total. The molecule has 0 fully saturated rings. The molecule has 2 aromatic carbocycles. The molecule has 0 spiro atoms. The number of nitriles is 1. The van der Waals surface area contributed by atoms with Gasteiger partial charge in [0.2, 0.25) is 5.88 Å². The first kappa shape index (κ1) is 17.1. The molecule has 0 saturated carbocycles. The van der Waals surface area contributed by atoms with Crippen molar-refractivity contribution in [1.82, 2.24) is 9.78 Å². The van der Waals surface area contributed by atoms with Crippen LogP contribution in [-0.4, -0.2) is 26.6 Å². The number of hydrogen-bond donors (Lipinski definition) is 1. The maximum Gasteiger partial charge on any atom is 0.233 e. The molecular formula is C21H19N3O3. The average Bonchev–Trinajstić information content (AvgIpc) is 3.14. The van der Waals surface area contributed by atoms with Gasteiger partial charge in [-0.2, -0.15) is 5.26 Å². The summed E-state index contributed by atoms with van der Waals surface area (Å²) in [6.45, 7) is 3.61. The molecule has 1 aliphatic heterocycles. The van der Waals surface area contributed by atoms with Crippen LogP contribution in [0.25, 0.3) is 5.69 Å². The standard InChI is InChI=1S/C21H19N3O3/c1-21(2)20(25)19(16-12-14(13-22)8-9-17(16)27-21)26-18-10-11-24(23-18)15-6-4-3-5-7-15/h3-12,19-20,25H,1-2H3. The van der Waals surface area contributed by atoms with E-state index in [0.29, 0.717) is 22.8 Å². The molecule has 2 atom stereocenters. The highest BCUT2D eigenvalue weighted by molar-refractivity contribution is 5.46. The van der Waals surface area contributed by atoms with Gasteiger partial charge in [-0.15, -0.1) is 5.10 Å². The number of fused-ring (bicyclic) bond motifs is 1. The molecule has 0 radical (unpaired) electrons. The van der Waals surface area contributed by atoms with Crippen LogP contribution in [-0.2, 0) is 0 Å². The Morgan fingerprint density at radius 2 is 1.96 bits per heavy atom. The van der Waals surface area contributed by atoms with Crippen LogP contribution in [0.4, 0.5) is 0 Å². The van der Waals surface area contributed by atoms with Crippen LogP contribution >= 0.6 is 0 Å². The highest BCUT2D eigenvalue weighted by Crippen LogP contribution is 2.42. The predicted octanol–water partition coefficient (Wildman–Crippen LogP) is 3.40. The number of nitrogens with zero attached hydrogens (tertiary/aromatic N) is 3. The van der Waals surface area contributed by atoms with E-state index in [4.69, 9.17) is 9.47 Å². The molecule has 6 heteroatoms. The summed E-state index contributed by atoms with van der Waals surface area (Å²) in [6.07, 6.45) is 0.172. The molecule has 4 rings (SSSR count). The van der Waals surface area contributed by atoms with E-state index in [1.165, 1.54) is 0 Å². The molecule has 0 saturated heterocycles. The number of ether oxygens (including phenoxy) is 2. The molecule has 1 aromatic heterocycles. The number of rotatable bonds is 3. The molecule has 136 valence electrons. The Labute approximate surface area is 157 Å². The van der Waals surface area contributed by atoms with Gasteiger partial charge in [-0.3, -0.25) is 0 Å². The topological polar surface area (TPSA) is 80.3 Å². The third-order valence-electron chi connectivity index (χ3n) is 4.65. The molecule has 0 aliphatic carbocycles. The average molecular weight is 361 g/mol. The van der Waals surface area contributed by atoms with Gasteiger partial charge in [-0.1, -0.05) is 18.2 Å². The summed E-state index contributed by atoms with van der Waals surface area (Å²) in [5, 5.41) is 24.5. The summed E-state index contributed by atoms with van der Waals surface area (Å²) < 4.78 is 13.7. The first-order valence-corrected chi connectivity index (χ1v) is 8.67. The van der Waals surface area contributed by atoms with Crippen molar-refractivity contribution in [2.75, 3.05) is 0 Å². The zero-order valence-electron chi connectivity index (χ0n) is 15.0. The Morgan fingerprint density at radius 1 is 1.19 bits per heavy atom. The third-order valence-corrected chi connectivity index (χ3v) is 4.65. The maximum atomic E-state index is 10.8. The van der Waals surface area contributed by atoms with Crippen molar-refractivity contribution in [3.05, 3.63) is 71.9 Å². The first-order valence-electron chi connectivity index (χ1n) is 8.67. The van der Waals surface area contributed by atoms with Crippen LogP contribution in [0, 0.1) is 11.3 Å². The van der Waals surface area contributed by atoms with Crippen LogP contribution < -0.4 is 9.47 Å². The fourth-order valence-electron chi connectivity index (χ4n) is 3.16. The van der Waals surface area contributed by atoms with Gasteiger partial charge in [-0.05, 0) is 44.2 Å². The predicted molar refractivity (Wildman–Crippen MR) is 98.8 cm³/mol. The lowest BCUT2D eigenvalue weighted by Gasteiger charge is -2.41. The molecule has 6 nitrogen and oxygen atoms in total. The summed E-state index contributed by atoms with van der Waals surface area (Å²) in [5.41, 5.74) is 1.18. The van der Waals surface area contributed by atoms with Crippen molar-refractivity contribution in [3.63, 3.8) is 0 Å². The minimum Gasteiger partial charge on any atom is -0.485 e. The summed E-state index contributed by atoms with van der Waals surface area (Å²) >= 11 is 0. The fraction of sp³-hybridized carbons (Fsp3) is 0.238. The van der Waals surface area contributed by atoms with Crippen molar-refractivity contribution in [3.8, 4) is 23.4 Å². The number of benzene rings is 2. The summed E-state index contributed by atoms with van der Waals surface area (Å²) in [6, 6.07) is 18.7. The van der Waals surface area contributed by atoms with Crippen molar-refractivity contribution in [2.45, 2.75) is 31.7 Å². The van der Waals surface area contributed by atoms with Gasteiger partial charge in [0, 0.05) is 17.8 Å². The molecule has 27 heavy (non-hydrogen) atoms. The Kier molecular flexibility index (Phi) is 4.09. The van der Waals surface area contributed by atoms with E-state index >= 15 is 0 Å². The number of aliphatic hydroxyl groups is 1. The van der Waals surface area contributed by atoms with E-state index < -0.39 is 17.8 Å². The molecule has 3 aromatic rings. The van der Waals surface area contributed by atoms with Crippen LogP contribution in [0.1, 0.15) is 31.1 Å². The Bertz CT molecular complexity index is 1010. The highest BCUT2D eigenvalue weighted by Gasteiger charge is 2.44. The van der Waals surface area contributed by atoms with E-state index in [0.717, 1.165) is 5.69 Å². The van der Waals surface area contributed by atoms with E-state index in [1.54, 1.807) is 49.0 Å². The van der Waals surface area contributed by atoms with Crippen molar-refractivity contribution < 1.29 is 14.6 Å². The molecule has 2 unspecified atom stereocenters. The normalized spacial score (nSPS) is 20.2. The second-order valence-electron chi connectivity index (χ2n) is 6.99. The number of aromatic nitrogens is 2. The van der Waals surface area contributed by atoms with E-state index in [9.17, 15) is 10.4 Å². The zero-order valence-corrected chi connectivity index (χ0v) is 15.0. The lowest BCUT2D eigenvalue weighted by Crippen LogP contribution is -2.50. The molecular weight excluding hydrogens is 342 g/mol. The van der Waals surface area contributed by atoms with Gasteiger partial charge >= 0.3 is 0 Å². The molecule has 1 aliphatic rings. The van der Waals surface area contributed by atoms with Gasteiger partial charge in [0.1, 0.15) is 17.5 Å². The van der Waals surface area contributed by atoms with E-state index in [-0.39, 0.29) is 0 Å². The van der Waals surface area contributed by atoms with Crippen molar-refractivity contribution in [1.29, 1.82) is 5.26 Å². The highest BCUT2D eigenvalue weighted by atomic mass is 16.5. The van der Waals surface area contributed by atoms with Crippen LogP contribution in [0.3, 0.4) is 0 Å². The third kappa shape index (κ3) is 3.14. The van der Waals surface area contributed by atoms with Crippen molar-refractivity contribution in [2.24, 2.45) is 0 Å². The smallest absolute Gasteiger partial charge is 0.233 e. The largest absolute Gasteiger partial charge is 0.485 e. The van der Waals surface area contributed by atoms with Gasteiger partial charge in [-0.25, -0.2) is 4.68 Å². The summed E-state index contributed by atoms with van der Waals surface area (Å²) in [5.74, 6) is 0.978. The second kappa shape index (κ2) is 6.45. The van der Waals surface area contributed by atoms with Gasteiger partial charge in [0.25, 0.3) is 0 Å². The molecule has 0 bridgehead atoms. The van der Waals surface area contributed by atoms with Crippen LogP contribution in [0.2, 0.25) is 0 Å².